The molecule has 164 valence electrons. The molecule has 1 saturated heterocycles. The zero-order chi connectivity index (χ0) is 22.1. The van der Waals surface area contributed by atoms with Crippen molar-refractivity contribution in [3.05, 3.63) is 54.6 Å². The number of rotatable bonds is 6. The molecule has 0 saturated carbocycles. The van der Waals surface area contributed by atoms with Crippen molar-refractivity contribution < 1.29 is 9.47 Å². The van der Waals surface area contributed by atoms with E-state index in [1.165, 1.54) is 0 Å². The van der Waals surface area contributed by atoms with Gasteiger partial charge in [-0.3, -0.25) is 4.98 Å². The van der Waals surface area contributed by atoms with Gasteiger partial charge in [0.25, 0.3) is 0 Å². The lowest BCUT2D eigenvalue weighted by atomic mass is 10.1. The van der Waals surface area contributed by atoms with E-state index < -0.39 is 0 Å². The first-order valence-corrected chi connectivity index (χ1v) is 10.7. The van der Waals surface area contributed by atoms with E-state index in [9.17, 15) is 0 Å². The molecule has 0 N–H and O–H groups in total. The second-order valence-corrected chi connectivity index (χ2v) is 8.23. The summed E-state index contributed by atoms with van der Waals surface area (Å²) in [5.74, 6) is 1.51. The van der Waals surface area contributed by atoms with Crippen molar-refractivity contribution in [2.75, 3.05) is 20.7 Å². The average molecular weight is 431 g/mol. The van der Waals surface area contributed by atoms with E-state index in [4.69, 9.17) is 9.47 Å². The van der Waals surface area contributed by atoms with Crippen molar-refractivity contribution >= 4 is 34.1 Å². The van der Waals surface area contributed by atoms with Crippen LogP contribution in [0.25, 0.3) is 21.9 Å². The van der Waals surface area contributed by atoms with Crippen LogP contribution in [0.1, 0.15) is 24.6 Å². The molecule has 0 spiro atoms. The van der Waals surface area contributed by atoms with Crippen LogP contribution in [0.3, 0.4) is 0 Å². The number of aryl methyl sites for hydroxylation is 1. The summed E-state index contributed by atoms with van der Waals surface area (Å²) in [7, 11) is 3.86. The molecule has 1 aliphatic rings. The van der Waals surface area contributed by atoms with Crippen molar-refractivity contribution in [1.82, 2.24) is 24.4 Å². The monoisotopic (exact) mass is 430 g/mol. The van der Waals surface area contributed by atoms with Crippen LogP contribution in [0.4, 0.5) is 5.82 Å². The fourth-order valence-corrected chi connectivity index (χ4v) is 4.09. The zero-order valence-electron chi connectivity index (χ0n) is 18.5. The topological polar surface area (TPSA) is 77.7 Å². The van der Waals surface area contributed by atoms with Crippen molar-refractivity contribution in [2.45, 2.75) is 32.1 Å². The molecule has 1 aliphatic heterocycles. The molecule has 32 heavy (non-hydrogen) atoms. The molecule has 0 aliphatic carbocycles. The standard InChI is InChI=1S/C24H26N6O2/c1-16-20(8-6-17-5-4-11-25-22(16)17)31-13-18-7-9-21(32-18)30-12-10-19-23(28-15-29(2)3)26-14-27-24(19)30/h4-6,8,10-12,14-15,18,21H,7,9,13H2,1-3H3/b28-15+/t18-,21+/m0/s1. The number of hydrogen-bond donors (Lipinski definition) is 0. The molecule has 5 rings (SSSR count). The van der Waals surface area contributed by atoms with Crippen LogP contribution in [0.5, 0.6) is 5.75 Å². The Morgan fingerprint density at radius 2 is 2.09 bits per heavy atom. The Hall–Kier alpha value is -3.52. The molecule has 8 nitrogen and oxygen atoms in total. The van der Waals surface area contributed by atoms with E-state index in [2.05, 4.69) is 30.6 Å². The fourth-order valence-electron chi connectivity index (χ4n) is 4.09. The predicted octanol–water partition coefficient (Wildman–Crippen LogP) is 4.27. The quantitative estimate of drug-likeness (QED) is 0.336. The summed E-state index contributed by atoms with van der Waals surface area (Å²) < 4.78 is 14.5. The molecular weight excluding hydrogens is 404 g/mol. The summed E-state index contributed by atoms with van der Waals surface area (Å²) in [5.41, 5.74) is 2.85. The minimum absolute atomic E-state index is 0.0179. The van der Waals surface area contributed by atoms with Gasteiger partial charge in [0.15, 0.2) is 5.82 Å². The van der Waals surface area contributed by atoms with E-state index in [1.807, 2.05) is 62.6 Å². The normalized spacial score (nSPS) is 18.7. The summed E-state index contributed by atoms with van der Waals surface area (Å²) in [6, 6.07) is 10.1. The minimum atomic E-state index is -0.0824. The molecule has 8 heteroatoms. The second kappa shape index (κ2) is 8.55. The van der Waals surface area contributed by atoms with Crippen molar-refractivity contribution in [2.24, 2.45) is 4.99 Å². The first-order valence-electron chi connectivity index (χ1n) is 10.7. The number of aliphatic imine (C=N–C) groups is 1. The molecule has 1 aromatic carbocycles. The fraction of sp³-hybridized carbons (Fsp3) is 0.333. The third-order valence-electron chi connectivity index (χ3n) is 5.70. The lowest BCUT2D eigenvalue weighted by molar-refractivity contribution is -0.0156. The van der Waals surface area contributed by atoms with Crippen LogP contribution in [0, 0.1) is 6.92 Å². The van der Waals surface area contributed by atoms with Gasteiger partial charge >= 0.3 is 0 Å². The Bertz CT molecular complexity index is 1280. The smallest absolute Gasteiger partial charge is 0.166 e. The molecule has 4 heterocycles. The van der Waals surface area contributed by atoms with Gasteiger partial charge in [0.2, 0.25) is 0 Å². The maximum absolute atomic E-state index is 6.32. The Morgan fingerprint density at radius 3 is 2.97 bits per heavy atom. The predicted molar refractivity (Wildman–Crippen MR) is 124 cm³/mol. The van der Waals surface area contributed by atoms with Gasteiger partial charge < -0.3 is 18.9 Å². The Balaban J connectivity index is 1.29. The molecule has 0 bridgehead atoms. The lowest BCUT2D eigenvalue weighted by Crippen LogP contribution is -2.18. The van der Waals surface area contributed by atoms with Crippen molar-refractivity contribution in [1.29, 1.82) is 0 Å². The summed E-state index contributed by atoms with van der Waals surface area (Å²) in [6.45, 7) is 2.55. The number of pyridine rings is 1. The third kappa shape index (κ3) is 3.89. The van der Waals surface area contributed by atoms with Gasteiger partial charge in [-0.2, -0.15) is 0 Å². The third-order valence-corrected chi connectivity index (χ3v) is 5.70. The molecule has 4 aromatic rings. The molecule has 3 aromatic heterocycles. The second-order valence-electron chi connectivity index (χ2n) is 8.23. The molecule has 0 radical (unpaired) electrons. The highest BCUT2D eigenvalue weighted by Gasteiger charge is 2.28. The number of nitrogens with zero attached hydrogens (tertiary/aromatic N) is 6. The van der Waals surface area contributed by atoms with Crippen LogP contribution in [-0.4, -0.2) is 57.6 Å². The van der Waals surface area contributed by atoms with Gasteiger partial charge in [-0.1, -0.05) is 6.07 Å². The van der Waals surface area contributed by atoms with Crippen LogP contribution in [0.15, 0.2) is 54.0 Å². The molecule has 1 fully saturated rings. The van der Waals surface area contributed by atoms with Crippen LogP contribution >= 0.6 is 0 Å². The van der Waals surface area contributed by atoms with E-state index in [1.54, 1.807) is 12.7 Å². The van der Waals surface area contributed by atoms with E-state index >= 15 is 0 Å². The van der Waals surface area contributed by atoms with Gasteiger partial charge in [0.05, 0.1) is 23.3 Å². The highest BCUT2D eigenvalue weighted by molar-refractivity contribution is 5.87. The average Bonchev–Trinajstić information content (AvgIpc) is 3.44. The van der Waals surface area contributed by atoms with Gasteiger partial charge in [-0.25, -0.2) is 15.0 Å². The van der Waals surface area contributed by atoms with Crippen molar-refractivity contribution in [3.63, 3.8) is 0 Å². The summed E-state index contributed by atoms with van der Waals surface area (Å²) >= 11 is 0. The number of benzene rings is 1. The molecule has 0 unspecified atom stereocenters. The van der Waals surface area contributed by atoms with Gasteiger partial charge in [0, 0.05) is 37.4 Å². The SMILES string of the molecule is Cc1c(OC[C@@H]2CC[C@H](n3ccc4c(/N=C/N(C)C)ncnc43)O2)ccc2cccnc12. The lowest BCUT2D eigenvalue weighted by Gasteiger charge is -2.17. The minimum Gasteiger partial charge on any atom is -0.491 e. The van der Waals surface area contributed by atoms with E-state index in [0.29, 0.717) is 12.4 Å². The Kier molecular flexibility index (Phi) is 5.45. The molecule has 2 atom stereocenters. The largest absolute Gasteiger partial charge is 0.491 e. The van der Waals surface area contributed by atoms with Gasteiger partial charge in [0.1, 0.15) is 30.6 Å². The Labute approximate surface area is 186 Å². The van der Waals surface area contributed by atoms with Crippen LogP contribution in [-0.2, 0) is 4.74 Å². The molecular formula is C24H26N6O2. The maximum Gasteiger partial charge on any atom is 0.166 e. The van der Waals surface area contributed by atoms with Crippen LogP contribution in [0.2, 0.25) is 0 Å². The number of ether oxygens (including phenoxy) is 2. The summed E-state index contributed by atoms with van der Waals surface area (Å²) in [4.78, 5) is 19.6. The number of aromatic nitrogens is 4. The summed E-state index contributed by atoms with van der Waals surface area (Å²) in [5, 5.41) is 2.03. The van der Waals surface area contributed by atoms with Crippen molar-refractivity contribution in [3.8, 4) is 5.75 Å². The molecule has 0 amide bonds. The van der Waals surface area contributed by atoms with E-state index in [0.717, 1.165) is 46.1 Å². The number of hydrogen-bond acceptors (Lipinski definition) is 6. The van der Waals surface area contributed by atoms with Gasteiger partial charge in [-0.15, -0.1) is 0 Å². The first kappa shape index (κ1) is 20.4. The Morgan fingerprint density at radius 1 is 1.19 bits per heavy atom. The first-order chi connectivity index (χ1) is 15.6. The number of fused-ring (bicyclic) bond motifs is 2. The zero-order valence-corrected chi connectivity index (χ0v) is 18.5. The maximum atomic E-state index is 6.32. The highest BCUT2D eigenvalue weighted by atomic mass is 16.6. The van der Waals surface area contributed by atoms with Gasteiger partial charge in [-0.05, 0) is 44.0 Å². The highest BCUT2D eigenvalue weighted by Crippen LogP contribution is 2.34. The van der Waals surface area contributed by atoms with E-state index in [-0.39, 0.29) is 12.3 Å². The summed E-state index contributed by atoms with van der Waals surface area (Å²) in [6.07, 6.45) is 8.86. The van der Waals surface area contributed by atoms with Crippen LogP contribution < -0.4 is 4.74 Å².